The Labute approximate surface area is 95.6 Å². The van der Waals surface area contributed by atoms with Crippen LogP contribution in [-0.4, -0.2) is 4.98 Å². The summed E-state index contributed by atoms with van der Waals surface area (Å²) in [5.74, 6) is 0.668. The molecule has 1 aromatic carbocycles. The molecule has 3 rings (SSSR count). The maximum atomic E-state index is 6.34. The maximum absolute atomic E-state index is 6.34. The third kappa shape index (κ3) is 1.21. The van der Waals surface area contributed by atoms with Crippen molar-refractivity contribution >= 4 is 38.4 Å². The van der Waals surface area contributed by atoms with Crippen molar-refractivity contribution in [1.29, 1.82) is 0 Å². The predicted octanol–water partition coefficient (Wildman–Crippen LogP) is 4.46. The van der Waals surface area contributed by atoms with Crippen LogP contribution in [-0.2, 0) is 0 Å². The van der Waals surface area contributed by atoms with Gasteiger partial charge in [0.15, 0.2) is 0 Å². The van der Waals surface area contributed by atoms with Gasteiger partial charge in [0.25, 0.3) is 0 Å². The first-order valence-corrected chi connectivity index (χ1v) is 5.90. The largest absolute Gasteiger partial charge is 0.357 e. The van der Waals surface area contributed by atoms with Gasteiger partial charge in [-0.25, -0.2) is 0 Å². The molecule has 72 valence electrons. The highest BCUT2D eigenvalue weighted by Gasteiger charge is 2.28. The third-order valence-electron chi connectivity index (χ3n) is 2.72. The molecule has 14 heavy (non-hydrogen) atoms. The van der Waals surface area contributed by atoms with Crippen LogP contribution >= 0.6 is 27.5 Å². The molecule has 2 aromatic rings. The summed E-state index contributed by atoms with van der Waals surface area (Å²) in [7, 11) is 0. The highest BCUT2D eigenvalue weighted by Crippen LogP contribution is 2.46. The molecule has 1 aliphatic carbocycles. The number of aromatic amines is 1. The first-order valence-electron chi connectivity index (χ1n) is 4.73. The zero-order chi connectivity index (χ0) is 9.71. The smallest absolute Gasteiger partial charge is 0.0706 e. The van der Waals surface area contributed by atoms with Crippen molar-refractivity contribution in [1.82, 2.24) is 4.98 Å². The standard InChI is InChI=1S/C11H9BrClN/c12-7-2-1-3-8-9(7)10(13)11(14-8)6-4-5-6/h1-3,6,14H,4-5H2. The molecule has 1 nitrogen and oxygen atoms in total. The molecular weight excluding hydrogens is 261 g/mol. The molecule has 0 bridgehead atoms. The number of fused-ring (bicyclic) bond motifs is 1. The summed E-state index contributed by atoms with van der Waals surface area (Å²) in [5, 5.41) is 2.02. The SMILES string of the molecule is Clc1c(C2CC2)[nH]c2cccc(Br)c12. The molecule has 0 amide bonds. The minimum Gasteiger partial charge on any atom is -0.357 e. The molecule has 1 aromatic heterocycles. The summed E-state index contributed by atoms with van der Waals surface area (Å²) >= 11 is 9.86. The van der Waals surface area contributed by atoms with Gasteiger partial charge in [0.2, 0.25) is 0 Å². The van der Waals surface area contributed by atoms with Gasteiger partial charge in [0.05, 0.1) is 5.02 Å². The fourth-order valence-corrected chi connectivity index (χ4v) is 2.92. The Bertz CT molecular complexity index is 499. The molecule has 1 heterocycles. The van der Waals surface area contributed by atoms with E-state index in [0.717, 1.165) is 20.4 Å². The lowest BCUT2D eigenvalue weighted by atomic mass is 10.2. The van der Waals surface area contributed by atoms with Crippen LogP contribution in [0.25, 0.3) is 10.9 Å². The van der Waals surface area contributed by atoms with Crippen LogP contribution in [0.15, 0.2) is 22.7 Å². The van der Waals surface area contributed by atoms with Crippen LogP contribution in [0, 0.1) is 0 Å². The molecule has 0 saturated heterocycles. The summed E-state index contributed by atoms with van der Waals surface area (Å²) in [6.45, 7) is 0. The Morgan fingerprint density at radius 1 is 1.36 bits per heavy atom. The lowest BCUT2D eigenvalue weighted by Crippen LogP contribution is -1.77. The molecule has 1 saturated carbocycles. The highest BCUT2D eigenvalue weighted by atomic mass is 79.9. The maximum Gasteiger partial charge on any atom is 0.0706 e. The molecular formula is C11H9BrClN. The molecule has 1 N–H and O–H groups in total. The van der Waals surface area contributed by atoms with Gasteiger partial charge in [-0.3, -0.25) is 0 Å². The summed E-state index contributed by atoms with van der Waals surface area (Å²) < 4.78 is 1.07. The number of nitrogens with one attached hydrogen (secondary N) is 1. The van der Waals surface area contributed by atoms with Crippen molar-refractivity contribution in [2.75, 3.05) is 0 Å². The van der Waals surface area contributed by atoms with Crippen LogP contribution in [0.3, 0.4) is 0 Å². The number of benzene rings is 1. The third-order valence-corrected chi connectivity index (χ3v) is 3.78. The minimum atomic E-state index is 0.668. The van der Waals surface area contributed by atoms with E-state index in [1.54, 1.807) is 0 Å². The average molecular weight is 271 g/mol. The lowest BCUT2D eigenvalue weighted by molar-refractivity contribution is 1.06. The Hall–Kier alpha value is -0.470. The van der Waals surface area contributed by atoms with Crippen LogP contribution in [0.4, 0.5) is 0 Å². The average Bonchev–Trinajstić information content (AvgIpc) is 2.93. The molecule has 0 radical (unpaired) electrons. The normalized spacial score (nSPS) is 16.4. The van der Waals surface area contributed by atoms with Crippen LogP contribution in [0.5, 0.6) is 0 Å². The van der Waals surface area contributed by atoms with Gasteiger partial charge in [-0.1, -0.05) is 33.6 Å². The Morgan fingerprint density at radius 3 is 2.79 bits per heavy atom. The van der Waals surface area contributed by atoms with E-state index in [2.05, 4.69) is 27.0 Å². The Kier molecular flexibility index (Phi) is 1.89. The molecule has 1 aliphatic rings. The zero-order valence-electron chi connectivity index (χ0n) is 7.48. The number of rotatable bonds is 1. The second-order valence-electron chi connectivity index (χ2n) is 3.79. The van der Waals surface area contributed by atoms with Gasteiger partial charge in [-0.05, 0) is 25.0 Å². The zero-order valence-corrected chi connectivity index (χ0v) is 9.82. The van der Waals surface area contributed by atoms with E-state index in [1.165, 1.54) is 18.5 Å². The van der Waals surface area contributed by atoms with Gasteiger partial charge in [-0.2, -0.15) is 0 Å². The van der Waals surface area contributed by atoms with E-state index in [0.29, 0.717) is 5.92 Å². The van der Waals surface area contributed by atoms with E-state index in [4.69, 9.17) is 11.6 Å². The van der Waals surface area contributed by atoms with Crippen molar-refractivity contribution in [2.45, 2.75) is 18.8 Å². The summed E-state index contributed by atoms with van der Waals surface area (Å²) in [4.78, 5) is 3.40. The monoisotopic (exact) mass is 269 g/mol. The second kappa shape index (κ2) is 3.01. The van der Waals surface area contributed by atoms with Gasteiger partial charge in [0, 0.05) is 27.0 Å². The Balaban J connectivity index is 2.34. The molecule has 0 atom stereocenters. The van der Waals surface area contributed by atoms with Crippen molar-refractivity contribution < 1.29 is 0 Å². The topological polar surface area (TPSA) is 15.8 Å². The summed E-state index contributed by atoms with van der Waals surface area (Å²) in [6, 6.07) is 6.12. The number of hydrogen-bond acceptors (Lipinski definition) is 0. The molecule has 1 fully saturated rings. The second-order valence-corrected chi connectivity index (χ2v) is 5.02. The van der Waals surface area contributed by atoms with Crippen LogP contribution in [0.1, 0.15) is 24.5 Å². The summed E-state index contributed by atoms with van der Waals surface area (Å²) in [5.41, 5.74) is 2.35. The Morgan fingerprint density at radius 2 is 2.14 bits per heavy atom. The van der Waals surface area contributed by atoms with E-state index in [9.17, 15) is 0 Å². The highest BCUT2D eigenvalue weighted by molar-refractivity contribution is 9.10. The first kappa shape index (κ1) is 8.81. The van der Waals surface area contributed by atoms with Crippen LogP contribution < -0.4 is 0 Å². The molecule has 0 unspecified atom stereocenters. The van der Waals surface area contributed by atoms with Gasteiger partial charge < -0.3 is 4.98 Å². The van der Waals surface area contributed by atoms with Crippen molar-refractivity contribution in [3.63, 3.8) is 0 Å². The minimum absolute atomic E-state index is 0.668. The van der Waals surface area contributed by atoms with Crippen molar-refractivity contribution in [2.24, 2.45) is 0 Å². The first-order chi connectivity index (χ1) is 6.77. The number of aromatic nitrogens is 1. The number of halogens is 2. The van der Waals surface area contributed by atoms with E-state index >= 15 is 0 Å². The van der Waals surface area contributed by atoms with Gasteiger partial charge >= 0.3 is 0 Å². The van der Waals surface area contributed by atoms with E-state index < -0.39 is 0 Å². The molecule has 0 spiro atoms. The number of hydrogen-bond donors (Lipinski definition) is 1. The molecule has 0 aliphatic heterocycles. The summed E-state index contributed by atoms with van der Waals surface area (Å²) in [6.07, 6.45) is 2.54. The van der Waals surface area contributed by atoms with Crippen molar-refractivity contribution in [3.8, 4) is 0 Å². The lowest BCUT2D eigenvalue weighted by Gasteiger charge is -1.94. The quantitative estimate of drug-likeness (QED) is 0.787. The van der Waals surface area contributed by atoms with Crippen LogP contribution in [0.2, 0.25) is 5.02 Å². The fourth-order valence-electron chi connectivity index (χ4n) is 1.84. The van der Waals surface area contributed by atoms with Gasteiger partial charge in [0.1, 0.15) is 0 Å². The van der Waals surface area contributed by atoms with E-state index in [-0.39, 0.29) is 0 Å². The van der Waals surface area contributed by atoms with E-state index in [1.807, 2.05) is 12.1 Å². The fraction of sp³-hybridized carbons (Fsp3) is 0.273. The predicted molar refractivity (Wildman–Crippen MR) is 63.0 cm³/mol. The van der Waals surface area contributed by atoms with Crippen molar-refractivity contribution in [3.05, 3.63) is 33.4 Å². The van der Waals surface area contributed by atoms with Gasteiger partial charge in [-0.15, -0.1) is 0 Å². The molecule has 3 heteroatoms. The number of H-pyrrole nitrogens is 1.